The Morgan fingerprint density at radius 2 is 2.10 bits per heavy atom. The molecule has 112 valence electrons. The molecule has 1 aromatic carbocycles. The largest absolute Gasteiger partial charge is 0.487 e. The van der Waals surface area contributed by atoms with Gasteiger partial charge in [0.05, 0.1) is 7.11 Å². The molecule has 6 heteroatoms. The smallest absolute Gasteiger partial charge is 0.411 e. The van der Waals surface area contributed by atoms with Crippen LogP contribution in [0.3, 0.4) is 0 Å². The van der Waals surface area contributed by atoms with E-state index >= 15 is 0 Å². The second-order valence-corrected chi connectivity index (χ2v) is 4.78. The molecule has 0 aliphatic carbocycles. The summed E-state index contributed by atoms with van der Waals surface area (Å²) in [6.07, 6.45) is -0.490. The fraction of sp³-hybridized carbons (Fsp3) is 0.333. The van der Waals surface area contributed by atoms with Crippen LogP contribution in [0, 0.1) is 13.8 Å². The number of nitrogens with zero attached hydrogens (tertiary/aromatic N) is 2. The molecular weight excluding hydrogens is 270 g/mol. The molecule has 0 aliphatic heterocycles. The lowest BCUT2D eigenvalue weighted by molar-refractivity contribution is 0.187. The van der Waals surface area contributed by atoms with Crippen molar-refractivity contribution in [1.29, 1.82) is 0 Å². The summed E-state index contributed by atoms with van der Waals surface area (Å²) in [5.74, 6) is 0.728. The van der Waals surface area contributed by atoms with Crippen LogP contribution in [0.4, 0.5) is 10.5 Å². The number of methoxy groups -OCH3 is 1. The van der Waals surface area contributed by atoms with Crippen LogP contribution in [0.15, 0.2) is 24.3 Å². The minimum atomic E-state index is -0.490. The van der Waals surface area contributed by atoms with Gasteiger partial charge in [0.1, 0.15) is 18.1 Å². The monoisotopic (exact) mass is 289 g/mol. The first-order chi connectivity index (χ1) is 9.99. The van der Waals surface area contributed by atoms with Crippen LogP contribution >= 0.6 is 0 Å². The number of aryl methyl sites for hydroxylation is 3. The number of benzene rings is 1. The van der Waals surface area contributed by atoms with E-state index in [0.29, 0.717) is 12.3 Å². The predicted octanol–water partition coefficient (Wildman–Crippen LogP) is 2.79. The Morgan fingerprint density at radius 3 is 2.67 bits per heavy atom. The number of hydrogen-bond donors (Lipinski definition) is 1. The van der Waals surface area contributed by atoms with Crippen molar-refractivity contribution >= 4 is 11.8 Å². The van der Waals surface area contributed by atoms with Crippen molar-refractivity contribution in [2.45, 2.75) is 20.5 Å². The number of aromatic nitrogens is 2. The van der Waals surface area contributed by atoms with E-state index in [1.807, 2.05) is 37.7 Å². The van der Waals surface area contributed by atoms with Crippen LogP contribution in [0.5, 0.6) is 5.75 Å². The lowest BCUT2D eigenvalue weighted by Crippen LogP contribution is -2.11. The van der Waals surface area contributed by atoms with Gasteiger partial charge in [0.2, 0.25) is 0 Å². The molecule has 1 heterocycles. The number of carbonyl (C=O) groups excluding carboxylic acids is 1. The van der Waals surface area contributed by atoms with Crippen molar-refractivity contribution in [2.24, 2.45) is 7.05 Å². The molecule has 0 unspecified atom stereocenters. The Hall–Kier alpha value is -2.50. The van der Waals surface area contributed by atoms with Gasteiger partial charge in [0.25, 0.3) is 0 Å². The van der Waals surface area contributed by atoms with Crippen molar-refractivity contribution in [3.63, 3.8) is 0 Å². The van der Waals surface area contributed by atoms with Crippen LogP contribution in [-0.4, -0.2) is 23.0 Å². The molecule has 0 spiro atoms. The van der Waals surface area contributed by atoms with E-state index in [4.69, 9.17) is 4.74 Å². The lowest BCUT2D eigenvalue weighted by Gasteiger charge is -2.10. The van der Waals surface area contributed by atoms with E-state index in [0.717, 1.165) is 22.7 Å². The first kappa shape index (κ1) is 14.9. The molecule has 1 aromatic heterocycles. The lowest BCUT2D eigenvalue weighted by atomic mass is 10.2. The first-order valence-corrected chi connectivity index (χ1v) is 6.57. The third kappa shape index (κ3) is 3.75. The van der Waals surface area contributed by atoms with E-state index < -0.39 is 6.09 Å². The fourth-order valence-corrected chi connectivity index (χ4v) is 1.89. The number of anilines is 1. The molecule has 21 heavy (non-hydrogen) atoms. The van der Waals surface area contributed by atoms with Crippen LogP contribution in [0.2, 0.25) is 0 Å². The SMILES string of the molecule is COC(=O)Nc1ccc(OCc2cc(C)n(C)n2)cc1C. The van der Waals surface area contributed by atoms with Gasteiger partial charge in [-0.15, -0.1) is 0 Å². The maximum absolute atomic E-state index is 11.2. The molecule has 2 rings (SSSR count). The molecule has 0 aliphatic rings. The highest BCUT2D eigenvalue weighted by atomic mass is 16.5. The maximum atomic E-state index is 11.2. The number of amides is 1. The summed E-state index contributed by atoms with van der Waals surface area (Å²) in [7, 11) is 3.23. The number of carbonyl (C=O) groups is 1. The van der Waals surface area contributed by atoms with Crippen molar-refractivity contribution in [3.8, 4) is 5.75 Å². The van der Waals surface area contributed by atoms with Crippen molar-refractivity contribution in [1.82, 2.24) is 9.78 Å². The van der Waals surface area contributed by atoms with Gasteiger partial charge in [-0.1, -0.05) is 0 Å². The number of hydrogen-bond acceptors (Lipinski definition) is 4. The first-order valence-electron chi connectivity index (χ1n) is 6.57. The molecular formula is C15H19N3O3. The highest BCUT2D eigenvalue weighted by Crippen LogP contribution is 2.22. The summed E-state index contributed by atoms with van der Waals surface area (Å²) in [5.41, 5.74) is 3.56. The van der Waals surface area contributed by atoms with Gasteiger partial charge in [0.15, 0.2) is 0 Å². The highest BCUT2D eigenvalue weighted by molar-refractivity contribution is 5.85. The van der Waals surface area contributed by atoms with Gasteiger partial charge in [-0.2, -0.15) is 5.10 Å². The molecule has 0 bridgehead atoms. The minimum absolute atomic E-state index is 0.408. The summed E-state index contributed by atoms with van der Waals surface area (Å²) in [4.78, 5) is 11.2. The highest BCUT2D eigenvalue weighted by Gasteiger charge is 2.06. The second kappa shape index (κ2) is 6.30. The van der Waals surface area contributed by atoms with E-state index in [9.17, 15) is 4.79 Å². The van der Waals surface area contributed by atoms with E-state index in [1.54, 1.807) is 12.1 Å². The third-order valence-corrected chi connectivity index (χ3v) is 3.17. The molecule has 0 saturated carbocycles. The molecule has 0 fully saturated rings. The number of ether oxygens (including phenoxy) is 2. The molecule has 0 radical (unpaired) electrons. The molecule has 1 N–H and O–H groups in total. The minimum Gasteiger partial charge on any atom is -0.487 e. The van der Waals surface area contributed by atoms with Gasteiger partial charge in [-0.3, -0.25) is 10.00 Å². The maximum Gasteiger partial charge on any atom is 0.411 e. The standard InChI is InChI=1S/C15H19N3O3/c1-10-7-13(5-6-14(10)16-15(19)20-4)21-9-12-8-11(2)18(3)17-12/h5-8H,9H2,1-4H3,(H,16,19). The topological polar surface area (TPSA) is 65.4 Å². The van der Waals surface area contributed by atoms with Crippen molar-refractivity contribution in [3.05, 3.63) is 41.2 Å². The third-order valence-electron chi connectivity index (χ3n) is 3.17. The Balaban J connectivity index is 2.01. The molecule has 6 nitrogen and oxygen atoms in total. The van der Waals surface area contributed by atoms with E-state index in [2.05, 4.69) is 15.2 Å². The summed E-state index contributed by atoms with van der Waals surface area (Å²) in [5, 5.41) is 6.97. The molecule has 1 amide bonds. The van der Waals surface area contributed by atoms with Gasteiger partial charge in [-0.05, 0) is 43.7 Å². The van der Waals surface area contributed by atoms with Crippen molar-refractivity contribution < 1.29 is 14.3 Å². The van der Waals surface area contributed by atoms with Crippen LogP contribution in [-0.2, 0) is 18.4 Å². The normalized spacial score (nSPS) is 10.3. The van der Waals surface area contributed by atoms with Crippen LogP contribution < -0.4 is 10.1 Å². The fourth-order valence-electron chi connectivity index (χ4n) is 1.89. The zero-order valence-electron chi connectivity index (χ0n) is 12.6. The van der Waals surface area contributed by atoms with E-state index in [1.165, 1.54) is 7.11 Å². The van der Waals surface area contributed by atoms with Gasteiger partial charge in [0, 0.05) is 18.4 Å². The molecule has 2 aromatic rings. The second-order valence-electron chi connectivity index (χ2n) is 4.78. The Bertz CT molecular complexity index is 630. The molecule has 0 atom stereocenters. The Kier molecular flexibility index (Phi) is 4.47. The van der Waals surface area contributed by atoms with Gasteiger partial charge < -0.3 is 9.47 Å². The summed E-state index contributed by atoms with van der Waals surface area (Å²) < 4.78 is 12.1. The Labute approximate surface area is 123 Å². The number of rotatable bonds is 4. The number of nitrogens with one attached hydrogen (secondary N) is 1. The Morgan fingerprint density at radius 1 is 1.33 bits per heavy atom. The summed E-state index contributed by atoms with van der Waals surface area (Å²) in [6, 6.07) is 7.43. The van der Waals surface area contributed by atoms with Crippen LogP contribution in [0.1, 0.15) is 17.0 Å². The summed E-state index contributed by atoms with van der Waals surface area (Å²) >= 11 is 0. The average molecular weight is 289 g/mol. The van der Waals surface area contributed by atoms with Gasteiger partial charge >= 0.3 is 6.09 Å². The predicted molar refractivity (Wildman–Crippen MR) is 79.5 cm³/mol. The zero-order chi connectivity index (χ0) is 15.4. The van der Waals surface area contributed by atoms with Crippen LogP contribution in [0.25, 0.3) is 0 Å². The van der Waals surface area contributed by atoms with Crippen molar-refractivity contribution in [2.75, 3.05) is 12.4 Å². The van der Waals surface area contributed by atoms with Gasteiger partial charge in [-0.25, -0.2) is 4.79 Å². The molecule has 0 saturated heterocycles. The summed E-state index contributed by atoms with van der Waals surface area (Å²) in [6.45, 7) is 4.29. The zero-order valence-corrected chi connectivity index (χ0v) is 12.6. The van der Waals surface area contributed by atoms with E-state index in [-0.39, 0.29) is 0 Å². The quantitative estimate of drug-likeness (QED) is 0.940. The average Bonchev–Trinajstić information content (AvgIpc) is 2.78.